The molecule has 0 saturated carbocycles. The van der Waals surface area contributed by atoms with Crippen LogP contribution in [0.4, 0.5) is 4.79 Å². The third-order valence-corrected chi connectivity index (χ3v) is 3.95. The minimum atomic E-state index is -0.779. The van der Waals surface area contributed by atoms with Crippen LogP contribution in [0.15, 0.2) is 39.2 Å². The zero-order chi connectivity index (χ0) is 18.3. The van der Waals surface area contributed by atoms with Gasteiger partial charge in [-0.3, -0.25) is 24.2 Å². The van der Waals surface area contributed by atoms with Crippen LogP contribution in [0.25, 0.3) is 17.0 Å². The van der Waals surface area contributed by atoms with Gasteiger partial charge in [0, 0.05) is 14.1 Å². The van der Waals surface area contributed by atoms with Crippen molar-refractivity contribution in [3.8, 4) is 5.75 Å². The molecule has 1 aromatic heterocycles. The maximum absolute atomic E-state index is 12.6. The van der Waals surface area contributed by atoms with Crippen LogP contribution >= 0.6 is 0 Å². The monoisotopic (exact) mass is 342 g/mol. The zero-order valence-electron chi connectivity index (χ0n) is 13.7. The van der Waals surface area contributed by atoms with Crippen molar-refractivity contribution in [1.29, 1.82) is 0 Å². The lowest BCUT2D eigenvalue weighted by Crippen LogP contribution is -2.53. The molecule has 128 valence electrons. The molecule has 0 unspecified atom stereocenters. The van der Waals surface area contributed by atoms with Gasteiger partial charge in [0.25, 0.3) is 11.8 Å². The second kappa shape index (κ2) is 5.90. The number of urea groups is 1. The number of para-hydroxylation sites is 1. The highest BCUT2D eigenvalue weighted by Crippen LogP contribution is 2.24. The standard InChI is InChI=1S/C17H14N2O6/c1-18-15(21)11(16(22)19(2)17(18)23)7-9-8-25-14-10(13(9)20)5-4-6-12(14)24-3/h4-8H,1-3H3. The summed E-state index contributed by atoms with van der Waals surface area (Å²) in [6.45, 7) is 0. The van der Waals surface area contributed by atoms with Crippen molar-refractivity contribution in [1.82, 2.24) is 9.80 Å². The molecule has 0 bridgehead atoms. The topological polar surface area (TPSA) is 97.1 Å². The van der Waals surface area contributed by atoms with Gasteiger partial charge in [-0.1, -0.05) is 6.07 Å². The van der Waals surface area contributed by atoms with Crippen molar-refractivity contribution in [2.75, 3.05) is 21.2 Å². The highest BCUT2D eigenvalue weighted by Gasteiger charge is 2.38. The van der Waals surface area contributed by atoms with E-state index in [0.29, 0.717) is 5.75 Å². The normalized spacial score (nSPS) is 15.2. The fourth-order valence-corrected chi connectivity index (χ4v) is 2.54. The molecule has 1 fully saturated rings. The van der Waals surface area contributed by atoms with Gasteiger partial charge in [0.15, 0.2) is 16.8 Å². The first kappa shape index (κ1) is 16.4. The number of fused-ring (bicyclic) bond motifs is 1. The lowest BCUT2D eigenvalue weighted by Gasteiger charge is -2.28. The number of benzene rings is 1. The number of methoxy groups -OCH3 is 1. The van der Waals surface area contributed by atoms with E-state index in [2.05, 4.69) is 0 Å². The summed E-state index contributed by atoms with van der Waals surface area (Å²) in [7, 11) is 3.97. The fraction of sp³-hybridized carbons (Fsp3) is 0.176. The first-order chi connectivity index (χ1) is 11.9. The first-order valence-corrected chi connectivity index (χ1v) is 7.27. The summed E-state index contributed by atoms with van der Waals surface area (Å²) in [6, 6.07) is 4.10. The van der Waals surface area contributed by atoms with Crippen LogP contribution in [0.5, 0.6) is 5.75 Å². The maximum Gasteiger partial charge on any atom is 0.333 e. The lowest BCUT2D eigenvalue weighted by atomic mass is 10.1. The Balaban J connectivity index is 2.17. The van der Waals surface area contributed by atoms with Gasteiger partial charge in [-0.15, -0.1) is 0 Å². The highest BCUT2D eigenvalue weighted by molar-refractivity contribution is 6.30. The predicted octanol–water partition coefficient (Wildman–Crippen LogP) is 1.24. The predicted molar refractivity (Wildman–Crippen MR) is 87.9 cm³/mol. The quantitative estimate of drug-likeness (QED) is 0.602. The third-order valence-electron chi connectivity index (χ3n) is 3.95. The molecule has 4 amide bonds. The largest absolute Gasteiger partial charge is 0.493 e. The minimum absolute atomic E-state index is 0.0219. The molecule has 2 heterocycles. The minimum Gasteiger partial charge on any atom is -0.493 e. The van der Waals surface area contributed by atoms with E-state index in [-0.39, 0.29) is 22.1 Å². The average Bonchev–Trinajstić information content (AvgIpc) is 2.63. The Bertz CT molecular complexity index is 978. The molecule has 0 N–H and O–H groups in total. The molecular weight excluding hydrogens is 328 g/mol. The molecule has 1 aromatic carbocycles. The van der Waals surface area contributed by atoms with Gasteiger partial charge in [0.05, 0.1) is 18.1 Å². The van der Waals surface area contributed by atoms with E-state index in [1.807, 2.05) is 0 Å². The van der Waals surface area contributed by atoms with Crippen molar-refractivity contribution in [2.24, 2.45) is 0 Å². The molecule has 0 atom stereocenters. The van der Waals surface area contributed by atoms with E-state index in [0.717, 1.165) is 22.1 Å². The summed E-state index contributed by atoms with van der Waals surface area (Å²) >= 11 is 0. The molecule has 0 aliphatic carbocycles. The van der Waals surface area contributed by atoms with E-state index >= 15 is 0 Å². The number of carbonyl (C=O) groups excluding carboxylic acids is 3. The second-order valence-corrected chi connectivity index (χ2v) is 5.43. The van der Waals surface area contributed by atoms with Gasteiger partial charge in [0.1, 0.15) is 11.8 Å². The molecule has 8 heteroatoms. The molecule has 25 heavy (non-hydrogen) atoms. The van der Waals surface area contributed by atoms with Gasteiger partial charge < -0.3 is 9.15 Å². The van der Waals surface area contributed by atoms with E-state index in [4.69, 9.17) is 9.15 Å². The Morgan fingerprint density at radius 1 is 1.04 bits per heavy atom. The number of hydrogen-bond donors (Lipinski definition) is 0. The Hall–Kier alpha value is -3.42. The van der Waals surface area contributed by atoms with Crippen molar-refractivity contribution in [2.45, 2.75) is 0 Å². The third kappa shape index (κ3) is 2.47. The molecular formula is C17H14N2O6. The van der Waals surface area contributed by atoms with E-state index in [9.17, 15) is 19.2 Å². The lowest BCUT2D eigenvalue weighted by molar-refractivity contribution is -0.134. The van der Waals surface area contributed by atoms with Crippen LogP contribution in [0.2, 0.25) is 0 Å². The number of likely N-dealkylation sites (N-methyl/N-ethyl adjacent to an activating group) is 2. The number of imide groups is 2. The molecule has 1 saturated heterocycles. The second-order valence-electron chi connectivity index (χ2n) is 5.43. The van der Waals surface area contributed by atoms with Crippen LogP contribution in [0, 0.1) is 0 Å². The summed E-state index contributed by atoms with van der Waals surface area (Å²) < 4.78 is 10.6. The molecule has 0 radical (unpaired) electrons. The summed E-state index contributed by atoms with van der Waals surface area (Å²) in [5, 5.41) is 0.252. The average molecular weight is 342 g/mol. The van der Waals surface area contributed by atoms with Gasteiger partial charge in [-0.2, -0.15) is 0 Å². The fourth-order valence-electron chi connectivity index (χ4n) is 2.54. The summed E-state index contributed by atoms with van der Waals surface area (Å²) in [6.07, 6.45) is 2.28. The first-order valence-electron chi connectivity index (χ1n) is 7.27. The summed E-state index contributed by atoms with van der Waals surface area (Å²) in [4.78, 5) is 50.4. The van der Waals surface area contributed by atoms with Gasteiger partial charge in [-0.05, 0) is 18.2 Å². The van der Waals surface area contributed by atoms with E-state index in [1.54, 1.807) is 18.2 Å². The molecule has 3 rings (SSSR count). The van der Waals surface area contributed by atoms with Crippen molar-refractivity contribution in [3.63, 3.8) is 0 Å². The van der Waals surface area contributed by atoms with E-state index < -0.39 is 23.3 Å². The number of hydrogen-bond acceptors (Lipinski definition) is 6. The van der Waals surface area contributed by atoms with Gasteiger partial charge in [0.2, 0.25) is 0 Å². The van der Waals surface area contributed by atoms with Crippen LogP contribution in [-0.2, 0) is 9.59 Å². The van der Waals surface area contributed by atoms with Gasteiger partial charge >= 0.3 is 6.03 Å². The maximum atomic E-state index is 12.6. The van der Waals surface area contributed by atoms with Crippen molar-refractivity contribution >= 4 is 34.9 Å². The number of amides is 4. The Morgan fingerprint density at radius 3 is 2.28 bits per heavy atom. The Labute approximate surface area is 141 Å². The van der Waals surface area contributed by atoms with E-state index in [1.165, 1.54) is 21.2 Å². The number of barbiturate groups is 1. The van der Waals surface area contributed by atoms with Crippen LogP contribution in [0.1, 0.15) is 5.56 Å². The summed E-state index contributed by atoms with van der Waals surface area (Å²) in [5.41, 5.74) is -0.425. The number of rotatable bonds is 2. The highest BCUT2D eigenvalue weighted by atomic mass is 16.5. The smallest absolute Gasteiger partial charge is 0.333 e. The molecule has 1 aliphatic rings. The van der Waals surface area contributed by atoms with Crippen LogP contribution in [0.3, 0.4) is 0 Å². The van der Waals surface area contributed by atoms with Gasteiger partial charge in [-0.25, -0.2) is 4.79 Å². The number of ether oxygens (including phenoxy) is 1. The molecule has 8 nitrogen and oxygen atoms in total. The number of carbonyl (C=O) groups is 3. The Morgan fingerprint density at radius 2 is 1.68 bits per heavy atom. The summed E-state index contributed by atoms with van der Waals surface area (Å²) in [5.74, 6) is -1.17. The SMILES string of the molecule is COc1cccc2c(=O)c(C=C3C(=O)N(C)C(=O)N(C)C3=O)coc12. The van der Waals surface area contributed by atoms with Crippen molar-refractivity contribution in [3.05, 3.63) is 45.8 Å². The number of nitrogens with zero attached hydrogens (tertiary/aromatic N) is 2. The van der Waals surface area contributed by atoms with Crippen LogP contribution < -0.4 is 10.2 Å². The van der Waals surface area contributed by atoms with Crippen molar-refractivity contribution < 1.29 is 23.5 Å². The molecule has 2 aromatic rings. The van der Waals surface area contributed by atoms with Crippen LogP contribution in [-0.4, -0.2) is 48.9 Å². The zero-order valence-corrected chi connectivity index (χ0v) is 13.7. The molecule has 0 spiro atoms. The molecule has 1 aliphatic heterocycles. The Kier molecular flexibility index (Phi) is 3.88.